The summed E-state index contributed by atoms with van der Waals surface area (Å²) in [5.41, 5.74) is 2.02. The van der Waals surface area contributed by atoms with E-state index in [0.717, 1.165) is 9.30 Å². The van der Waals surface area contributed by atoms with Crippen molar-refractivity contribution >= 4 is 49.1 Å². The fourth-order valence-corrected chi connectivity index (χ4v) is 1.85. The second-order valence-corrected chi connectivity index (χ2v) is 4.20. The Kier molecular flexibility index (Phi) is 4.05. The maximum atomic E-state index is 11.0. The van der Waals surface area contributed by atoms with E-state index in [0.29, 0.717) is 0 Å². The van der Waals surface area contributed by atoms with Gasteiger partial charge in [0.1, 0.15) is 0 Å². The monoisotopic (exact) mass is 312 g/mol. The molecule has 0 aliphatic carbocycles. The second-order valence-electron chi connectivity index (χ2n) is 2.68. The molecule has 0 fully saturated rings. The van der Waals surface area contributed by atoms with Gasteiger partial charge in [-0.2, -0.15) is 0 Å². The second kappa shape index (κ2) is 4.85. The fraction of sp³-hybridized carbons (Fsp3) is 0.222. The first-order valence-corrected chi connectivity index (χ1v) is 5.47. The van der Waals surface area contributed by atoms with Crippen LogP contribution < -0.4 is 8.93 Å². The summed E-state index contributed by atoms with van der Waals surface area (Å²) in [5.74, 6) is -0.176. The van der Waals surface area contributed by atoms with Crippen molar-refractivity contribution in [2.45, 2.75) is 6.92 Å². The summed E-state index contributed by atoms with van der Waals surface area (Å²) in [6.07, 6.45) is 0. The van der Waals surface area contributed by atoms with Gasteiger partial charge in [-0.15, -0.1) is 0 Å². The third-order valence-corrected chi connectivity index (χ3v) is 2.74. The predicted octanol–water partition coefficient (Wildman–Crippen LogP) is 0.966. The van der Waals surface area contributed by atoms with Crippen molar-refractivity contribution in [3.63, 3.8) is 0 Å². The molecule has 0 saturated heterocycles. The van der Waals surface area contributed by atoms with Gasteiger partial charge in [0.05, 0.1) is 0 Å². The van der Waals surface area contributed by atoms with Gasteiger partial charge in [0.25, 0.3) is 0 Å². The van der Waals surface area contributed by atoms with Crippen molar-refractivity contribution < 1.29 is 4.79 Å². The Balaban J connectivity index is 2.83. The quantitative estimate of drug-likeness (QED) is 0.640. The van der Waals surface area contributed by atoms with Crippen LogP contribution in [0.25, 0.3) is 0 Å². The molecule has 0 aliphatic heterocycles. The molecule has 0 aliphatic rings. The standard InChI is InChI=1S/C9H9ClNOTe/c1-6-2-3-7(8(13)4-6)11-9(12)5-10/h2-4H,5H2,1H3,(H,11,12). The average molecular weight is 310 g/mol. The van der Waals surface area contributed by atoms with E-state index in [1.807, 2.05) is 47.4 Å². The summed E-state index contributed by atoms with van der Waals surface area (Å²) >= 11 is 7.26. The molecule has 13 heavy (non-hydrogen) atoms. The van der Waals surface area contributed by atoms with Gasteiger partial charge in [-0.25, -0.2) is 0 Å². The Bertz CT molecular complexity index is 327. The molecule has 1 aromatic carbocycles. The fourth-order valence-electron chi connectivity index (χ4n) is 0.916. The number of halogens is 1. The molecule has 0 spiro atoms. The molecule has 4 heteroatoms. The zero-order valence-electron chi connectivity index (χ0n) is 7.13. The van der Waals surface area contributed by atoms with Crippen molar-refractivity contribution in [3.05, 3.63) is 23.8 Å². The molecule has 0 saturated carbocycles. The molecule has 0 atom stereocenters. The van der Waals surface area contributed by atoms with E-state index in [-0.39, 0.29) is 11.8 Å². The van der Waals surface area contributed by atoms with E-state index >= 15 is 0 Å². The number of benzene rings is 1. The van der Waals surface area contributed by atoms with Crippen LogP contribution in [0.1, 0.15) is 5.56 Å². The number of aryl methyl sites for hydroxylation is 1. The van der Waals surface area contributed by atoms with Gasteiger partial charge in [0.15, 0.2) is 0 Å². The molecule has 1 aromatic rings. The van der Waals surface area contributed by atoms with Gasteiger partial charge in [-0.05, 0) is 0 Å². The third-order valence-electron chi connectivity index (χ3n) is 1.53. The number of anilines is 1. The van der Waals surface area contributed by atoms with Crippen molar-refractivity contribution in [3.8, 4) is 0 Å². The molecule has 1 amide bonds. The molecule has 1 N–H and O–H groups in total. The number of alkyl halides is 1. The van der Waals surface area contributed by atoms with Gasteiger partial charge in [-0.1, -0.05) is 0 Å². The predicted molar refractivity (Wildman–Crippen MR) is 55.9 cm³/mol. The van der Waals surface area contributed by atoms with Crippen molar-refractivity contribution in [2.75, 3.05) is 11.2 Å². The van der Waals surface area contributed by atoms with Crippen molar-refractivity contribution in [1.29, 1.82) is 0 Å². The van der Waals surface area contributed by atoms with Gasteiger partial charge in [0, 0.05) is 0 Å². The first-order valence-electron chi connectivity index (χ1n) is 3.77. The number of carbonyl (C=O) groups excluding carboxylic acids is 1. The van der Waals surface area contributed by atoms with Crippen molar-refractivity contribution in [1.82, 2.24) is 0 Å². The minimum absolute atomic E-state index is 0.00552. The molecule has 69 valence electrons. The zero-order chi connectivity index (χ0) is 9.84. The minimum atomic E-state index is -0.171. The van der Waals surface area contributed by atoms with Crippen LogP contribution in [0.4, 0.5) is 5.69 Å². The molecular formula is C9H9ClNOTe. The third kappa shape index (κ3) is 3.19. The van der Waals surface area contributed by atoms with E-state index in [2.05, 4.69) is 5.32 Å². The van der Waals surface area contributed by atoms with Gasteiger partial charge >= 0.3 is 95.8 Å². The first-order chi connectivity index (χ1) is 6.13. The van der Waals surface area contributed by atoms with Crippen LogP contribution in [-0.2, 0) is 4.79 Å². The molecule has 2 nitrogen and oxygen atoms in total. The number of hydrogen-bond donors (Lipinski definition) is 1. The van der Waals surface area contributed by atoms with Crippen LogP contribution in [0.2, 0.25) is 0 Å². The summed E-state index contributed by atoms with van der Waals surface area (Å²) in [7, 11) is 0. The molecule has 0 unspecified atom stereocenters. The van der Waals surface area contributed by atoms with Crippen LogP contribution in [-0.4, -0.2) is 34.1 Å². The van der Waals surface area contributed by atoms with Crippen LogP contribution in [0.15, 0.2) is 18.2 Å². The Labute approximate surface area is 95.6 Å². The Morgan fingerprint density at radius 3 is 2.85 bits per heavy atom. The Morgan fingerprint density at radius 1 is 1.62 bits per heavy atom. The SMILES string of the molecule is Cc1ccc(NC(=O)CCl)c([Te])c1. The van der Waals surface area contributed by atoms with Gasteiger partial charge < -0.3 is 0 Å². The summed E-state index contributed by atoms with van der Waals surface area (Å²) in [6, 6.07) is 5.87. The van der Waals surface area contributed by atoms with Crippen LogP contribution in [0.3, 0.4) is 0 Å². The number of rotatable bonds is 2. The van der Waals surface area contributed by atoms with E-state index < -0.39 is 0 Å². The number of carbonyl (C=O) groups is 1. The molecular weight excluding hydrogens is 301 g/mol. The molecule has 0 bridgehead atoms. The van der Waals surface area contributed by atoms with E-state index in [1.54, 1.807) is 0 Å². The number of hydrogen-bond acceptors (Lipinski definition) is 1. The molecule has 0 heterocycles. The number of nitrogens with one attached hydrogen (secondary N) is 1. The summed E-state index contributed by atoms with van der Waals surface area (Å²) in [5, 5.41) is 2.72. The number of amides is 1. The average Bonchev–Trinajstić information content (AvgIpc) is 2.09. The van der Waals surface area contributed by atoms with E-state index in [1.165, 1.54) is 5.56 Å². The summed E-state index contributed by atoms with van der Waals surface area (Å²) in [4.78, 5) is 11.0. The van der Waals surface area contributed by atoms with Gasteiger partial charge in [-0.3, -0.25) is 0 Å². The topological polar surface area (TPSA) is 29.1 Å². The normalized spacial score (nSPS) is 9.69. The van der Waals surface area contributed by atoms with Crippen LogP contribution >= 0.6 is 11.6 Å². The van der Waals surface area contributed by atoms with Crippen LogP contribution in [0, 0.1) is 6.92 Å². The van der Waals surface area contributed by atoms with Crippen molar-refractivity contribution in [2.24, 2.45) is 0 Å². The maximum absolute atomic E-state index is 11.0. The Hall–Kier alpha value is -0.230. The van der Waals surface area contributed by atoms with E-state index in [4.69, 9.17) is 11.6 Å². The van der Waals surface area contributed by atoms with E-state index in [9.17, 15) is 4.79 Å². The molecule has 0 aromatic heterocycles. The molecule has 1 rings (SSSR count). The first kappa shape index (κ1) is 10.8. The molecule has 1 radical (unpaired) electrons. The Morgan fingerprint density at radius 2 is 2.31 bits per heavy atom. The van der Waals surface area contributed by atoms with Gasteiger partial charge in [0.2, 0.25) is 0 Å². The summed E-state index contributed by atoms with van der Waals surface area (Å²) in [6.45, 7) is 2.02. The zero-order valence-corrected chi connectivity index (χ0v) is 10.2. The summed E-state index contributed by atoms with van der Waals surface area (Å²) < 4.78 is 1.06. The van der Waals surface area contributed by atoms with Crippen LogP contribution in [0.5, 0.6) is 0 Å².